The Morgan fingerprint density at radius 1 is 1.33 bits per heavy atom. The normalized spacial score (nSPS) is 12.6. The number of likely N-dealkylation sites (N-methyl/N-ethyl adjacent to an activating group) is 2. The Kier molecular flexibility index (Phi) is 5.75. The third-order valence-corrected chi connectivity index (χ3v) is 6.59. The maximum atomic E-state index is 12.3. The highest BCUT2D eigenvalue weighted by atomic mass is 79.9. The molecule has 0 fully saturated rings. The van der Waals surface area contributed by atoms with Crippen molar-refractivity contribution in [3.05, 3.63) is 14.7 Å². The van der Waals surface area contributed by atoms with E-state index in [1.54, 1.807) is 13.1 Å². The lowest BCUT2D eigenvalue weighted by molar-refractivity contribution is 0.358. The molecular formula is C10H18BrN3O2S2. The van der Waals surface area contributed by atoms with Crippen LogP contribution in [0.1, 0.15) is 4.88 Å². The molecule has 0 spiro atoms. The highest BCUT2D eigenvalue weighted by Crippen LogP contribution is 2.32. The molecule has 8 heteroatoms. The summed E-state index contributed by atoms with van der Waals surface area (Å²) in [5.74, 6) is 0. The maximum Gasteiger partial charge on any atom is 0.244 e. The predicted octanol–water partition coefficient (Wildman–Crippen LogP) is 1.15. The Labute approximate surface area is 121 Å². The van der Waals surface area contributed by atoms with Crippen LogP contribution in [-0.4, -0.2) is 51.9 Å². The smallest absolute Gasteiger partial charge is 0.244 e. The van der Waals surface area contributed by atoms with Crippen LogP contribution >= 0.6 is 27.3 Å². The van der Waals surface area contributed by atoms with Gasteiger partial charge < -0.3 is 10.6 Å². The lowest BCUT2D eigenvalue weighted by Crippen LogP contribution is -2.33. The molecular weight excluding hydrogens is 338 g/mol. The van der Waals surface area contributed by atoms with Crippen LogP contribution in [0.4, 0.5) is 0 Å². The van der Waals surface area contributed by atoms with Crippen molar-refractivity contribution < 1.29 is 8.42 Å². The zero-order chi connectivity index (χ0) is 13.9. The molecule has 104 valence electrons. The lowest BCUT2D eigenvalue weighted by atomic mass is 10.5. The maximum absolute atomic E-state index is 12.3. The summed E-state index contributed by atoms with van der Waals surface area (Å²) in [5.41, 5.74) is 5.52. The number of nitrogens with zero attached hydrogens (tertiary/aromatic N) is 2. The van der Waals surface area contributed by atoms with Gasteiger partial charge in [0.1, 0.15) is 4.90 Å². The molecule has 0 unspecified atom stereocenters. The van der Waals surface area contributed by atoms with Crippen molar-refractivity contribution in [2.45, 2.75) is 11.4 Å². The molecule has 1 rings (SSSR count). The van der Waals surface area contributed by atoms with E-state index in [1.807, 2.05) is 19.0 Å². The van der Waals surface area contributed by atoms with E-state index in [0.717, 1.165) is 4.88 Å². The number of hydrogen-bond donors (Lipinski definition) is 1. The molecule has 0 bridgehead atoms. The van der Waals surface area contributed by atoms with E-state index in [0.29, 0.717) is 28.3 Å². The fourth-order valence-electron chi connectivity index (χ4n) is 1.30. The molecule has 0 atom stereocenters. The third kappa shape index (κ3) is 3.75. The van der Waals surface area contributed by atoms with Crippen LogP contribution in [0.2, 0.25) is 0 Å². The van der Waals surface area contributed by atoms with Crippen LogP contribution in [0.15, 0.2) is 14.7 Å². The first kappa shape index (κ1) is 16.1. The minimum Gasteiger partial charge on any atom is -0.326 e. The van der Waals surface area contributed by atoms with Gasteiger partial charge in [0.05, 0.1) is 3.79 Å². The van der Waals surface area contributed by atoms with Crippen LogP contribution in [0.5, 0.6) is 0 Å². The van der Waals surface area contributed by atoms with Crippen molar-refractivity contribution >= 4 is 37.3 Å². The van der Waals surface area contributed by atoms with Crippen molar-refractivity contribution in [1.82, 2.24) is 9.21 Å². The van der Waals surface area contributed by atoms with Gasteiger partial charge in [-0.2, -0.15) is 4.31 Å². The summed E-state index contributed by atoms with van der Waals surface area (Å²) in [4.78, 5) is 3.09. The fourth-order valence-corrected chi connectivity index (χ4v) is 4.97. The first-order valence-corrected chi connectivity index (χ1v) is 8.43. The number of thiophene rings is 1. The Bertz CT molecular complexity index is 499. The topological polar surface area (TPSA) is 66.6 Å². The number of hydrogen-bond acceptors (Lipinski definition) is 5. The van der Waals surface area contributed by atoms with E-state index in [-0.39, 0.29) is 0 Å². The number of nitrogens with two attached hydrogens (primary N) is 1. The van der Waals surface area contributed by atoms with Crippen molar-refractivity contribution in [3.63, 3.8) is 0 Å². The first-order valence-electron chi connectivity index (χ1n) is 5.38. The zero-order valence-electron chi connectivity index (χ0n) is 10.7. The number of halogens is 1. The van der Waals surface area contributed by atoms with E-state index in [4.69, 9.17) is 5.73 Å². The number of rotatable bonds is 6. The summed E-state index contributed by atoms with van der Waals surface area (Å²) in [6.45, 7) is 1.48. The highest BCUT2D eigenvalue weighted by Gasteiger charge is 2.25. The fraction of sp³-hybridized carbons (Fsp3) is 0.600. The van der Waals surface area contributed by atoms with Gasteiger partial charge in [0.2, 0.25) is 10.0 Å². The second-order valence-electron chi connectivity index (χ2n) is 4.18. The van der Waals surface area contributed by atoms with Gasteiger partial charge in [0.15, 0.2) is 0 Å². The summed E-state index contributed by atoms with van der Waals surface area (Å²) in [6, 6.07) is 1.64. The summed E-state index contributed by atoms with van der Waals surface area (Å²) >= 11 is 4.65. The molecule has 18 heavy (non-hydrogen) atoms. The van der Waals surface area contributed by atoms with Crippen LogP contribution in [0.25, 0.3) is 0 Å². The average Bonchev–Trinajstić information content (AvgIpc) is 2.67. The molecule has 5 nitrogen and oxygen atoms in total. The molecule has 0 radical (unpaired) electrons. The Morgan fingerprint density at radius 3 is 2.39 bits per heavy atom. The second-order valence-corrected chi connectivity index (χ2v) is 8.65. The average molecular weight is 356 g/mol. The van der Waals surface area contributed by atoms with Gasteiger partial charge >= 0.3 is 0 Å². The SMILES string of the molecule is CN(C)CCN(C)S(=O)(=O)c1cc(CN)sc1Br. The quantitative estimate of drug-likeness (QED) is 0.831. The molecule has 0 aliphatic heterocycles. The van der Waals surface area contributed by atoms with Crippen molar-refractivity contribution in [1.29, 1.82) is 0 Å². The van der Waals surface area contributed by atoms with E-state index >= 15 is 0 Å². The van der Waals surface area contributed by atoms with Gasteiger partial charge in [0, 0.05) is 31.6 Å². The molecule has 1 heterocycles. The molecule has 0 amide bonds. The lowest BCUT2D eigenvalue weighted by Gasteiger charge is -2.19. The zero-order valence-corrected chi connectivity index (χ0v) is 13.9. The molecule has 1 aromatic rings. The highest BCUT2D eigenvalue weighted by molar-refractivity contribution is 9.11. The molecule has 0 aromatic carbocycles. The first-order chi connectivity index (χ1) is 8.28. The standard InChI is InChI=1S/C10H18BrN3O2S2/c1-13(2)4-5-14(3)18(15,16)9-6-8(7-12)17-10(9)11/h6H,4-5,7,12H2,1-3H3. The Morgan fingerprint density at radius 2 is 1.94 bits per heavy atom. The third-order valence-electron chi connectivity index (χ3n) is 2.46. The van der Waals surface area contributed by atoms with Gasteiger partial charge in [-0.1, -0.05) is 0 Å². The van der Waals surface area contributed by atoms with Crippen molar-refractivity contribution in [2.24, 2.45) is 5.73 Å². The summed E-state index contributed by atoms with van der Waals surface area (Å²) in [5, 5.41) is 0. The molecule has 1 aromatic heterocycles. The van der Waals surface area contributed by atoms with E-state index in [2.05, 4.69) is 15.9 Å². The molecule has 0 aliphatic rings. The van der Waals surface area contributed by atoms with Crippen LogP contribution in [-0.2, 0) is 16.6 Å². The van der Waals surface area contributed by atoms with Gasteiger partial charge in [-0.25, -0.2) is 8.42 Å². The van der Waals surface area contributed by atoms with Gasteiger partial charge in [-0.3, -0.25) is 0 Å². The Balaban J connectivity index is 2.94. The van der Waals surface area contributed by atoms with Crippen LogP contribution in [0, 0.1) is 0 Å². The minimum atomic E-state index is -3.44. The van der Waals surface area contributed by atoms with E-state index in [1.165, 1.54) is 15.6 Å². The molecule has 0 saturated heterocycles. The molecule has 0 saturated carbocycles. The van der Waals surface area contributed by atoms with Crippen molar-refractivity contribution in [3.8, 4) is 0 Å². The molecule has 0 aliphatic carbocycles. The monoisotopic (exact) mass is 355 g/mol. The molecule has 2 N–H and O–H groups in total. The number of sulfonamides is 1. The Hall–Kier alpha value is 0.01000. The van der Waals surface area contributed by atoms with Crippen molar-refractivity contribution in [2.75, 3.05) is 34.2 Å². The van der Waals surface area contributed by atoms with Gasteiger partial charge in [-0.05, 0) is 36.1 Å². The second kappa shape index (κ2) is 6.44. The van der Waals surface area contributed by atoms with Gasteiger partial charge in [-0.15, -0.1) is 11.3 Å². The van der Waals surface area contributed by atoms with E-state index in [9.17, 15) is 8.42 Å². The van der Waals surface area contributed by atoms with E-state index < -0.39 is 10.0 Å². The predicted molar refractivity (Wildman–Crippen MR) is 78.3 cm³/mol. The van der Waals surface area contributed by atoms with Gasteiger partial charge in [0.25, 0.3) is 0 Å². The van der Waals surface area contributed by atoms with Crippen LogP contribution in [0.3, 0.4) is 0 Å². The van der Waals surface area contributed by atoms with Crippen LogP contribution < -0.4 is 5.73 Å². The largest absolute Gasteiger partial charge is 0.326 e. The minimum absolute atomic E-state index is 0.300. The summed E-state index contributed by atoms with van der Waals surface area (Å²) < 4.78 is 26.6. The summed E-state index contributed by atoms with van der Waals surface area (Å²) in [7, 11) is 1.97. The summed E-state index contributed by atoms with van der Waals surface area (Å²) in [6.07, 6.45) is 0.